The van der Waals surface area contributed by atoms with E-state index in [0.717, 1.165) is 36.5 Å². The highest BCUT2D eigenvalue weighted by Gasteiger charge is 2.30. The molecular formula is C14H19BrN4. The zero-order chi connectivity index (χ0) is 14.0. The summed E-state index contributed by atoms with van der Waals surface area (Å²) in [5.74, 6) is 1.02. The first-order valence-corrected chi connectivity index (χ1v) is 7.27. The quantitative estimate of drug-likeness (QED) is 0.839. The Morgan fingerprint density at radius 3 is 2.47 bits per heavy atom. The third-order valence-electron chi connectivity index (χ3n) is 3.70. The average Bonchev–Trinajstić information content (AvgIpc) is 2.42. The van der Waals surface area contributed by atoms with Gasteiger partial charge >= 0.3 is 0 Å². The molecule has 0 spiro atoms. The van der Waals surface area contributed by atoms with Crippen molar-refractivity contribution in [3.8, 4) is 6.07 Å². The molecule has 0 amide bonds. The van der Waals surface area contributed by atoms with Gasteiger partial charge in [0.15, 0.2) is 0 Å². The Bertz CT molecular complexity index is 499. The maximum absolute atomic E-state index is 9.17. The minimum Gasteiger partial charge on any atom is -0.354 e. The summed E-state index contributed by atoms with van der Waals surface area (Å²) in [5, 5.41) is 9.17. The van der Waals surface area contributed by atoms with Crippen LogP contribution in [0.5, 0.6) is 0 Å². The van der Waals surface area contributed by atoms with E-state index in [-0.39, 0.29) is 5.54 Å². The SMILES string of the molecule is Cc1cc(N2CCN(C(C)(C)C#N)CC2)ncc1Br. The molecule has 1 saturated heterocycles. The fraction of sp³-hybridized carbons (Fsp3) is 0.571. The number of hydrogen-bond acceptors (Lipinski definition) is 4. The third-order valence-corrected chi connectivity index (χ3v) is 4.53. The predicted octanol–water partition coefficient (Wildman–Crippen LogP) is 2.58. The normalized spacial score (nSPS) is 17.3. The van der Waals surface area contributed by atoms with Crippen LogP contribution in [0.3, 0.4) is 0 Å². The van der Waals surface area contributed by atoms with Crippen LogP contribution in [0.1, 0.15) is 19.4 Å². The molecule has 1 aliphatic heterocycles. The summed E-state index contributed by atoms with van der Waals surface area (Å²) in [7, 11) is 0. The van der Waals surface area contributed by atoms with E-state index in [1.54, 1.807) is 0 Å². The molecule has 1 aliphatic rings. The standard InChI is InChI=1S/C14H19BrN4/c1-11-8-13(17-9-12(11)15)18-4-6-19(7-5-18)14(2,3)10-16/h8-9H,4-7H2,1-3H3. The van der Waals surface area contributed by atoms with Crippen molar-refractivity contribution in [2.75, 3.05) is 31.1 Å². The van der Waals surface area contributed by atoms with Gasteiger partial charge in [-0.05, 0) is 48.3 Å². The number of aryl methyl sites for hydroxylation is 1. The van der Waals surface area contributed by atoms with Crippen LogP contribution in [-0.4, -0.2) is 41.6 Å². The minimum atomic E-state index is -0.380. The van der Waals surface area contributed by atoms with Crippen LogP contribution in [0, 0.1) is 18.3 Å². The maximum atomic E-state index is 9.17. The highest BCUT2D eigenvalue weighted by Crippen LogP contribution is 2.22. The fourth-order valence-electron chi connectivity index (χ4n) is 2.26. The lowest BCUT2D eigenvalue weighted by atomic mass is 10.0. The Labute approximate surface area is 123 Å². The predicted molar refractivity (Wildman–Crippen MR) is 80.2 cm³/mol. The molecular weight excluding hydrogens is 304 g/mol. The van der Waals surface area contributed by atoms with E-state index in [1.807, 2.05) is 20.0 Å². The lowest BCUT2D eigenvalue weighted by molar-refractivity contribution is 0.158. The van der Waals surface area contributed by atoms with Gasteiger partial charge in [-0.25, -0.2) is 4.98 Å². The van der Waals surface area contributed by atoms with Gasteiger partial charge in [-0.1, -0.05) is 0 Å². The highest BCUT2D eigenvalue weighted by molar-refractivity contribution is 9.10. The number of piperazine rings is 1. The Morgan fingerprint density at radius 2 is 1.95 bits per heavy atom. The molecule has 0 bridgehead atoms. The molecule has 0 atom stereocenters. The van der Waals surface area contributed by atoms with E-state index >= 15 is 0 Å². The second-order valence-corrected chi connectivity index (χ2v) is 6.29. The molecule has 0 saturated carbocycles. The summed E-state index contributed by atoms with van der Waals surface area (Å²) >= 11 is 3.47. The average molecular weight is 323 g/mol. The summed E-state index contributed by atoms with van der Waals surface area (Å²) in [6.07, 6.45) is 1.86. The topological polar surface area (TPSA) is 43.2 Å². The van der Waals surface area contributed by atoms with Gasteiger partial charge in [0.2, 0.25) is 0 Å². The number of hydrogen-bond donors (Lipinski definition) is 0. The van der Waals surface area contributed by atoms with E-state index in [9.17, 15) is 5.26 Å². The monoisotopic (exact) mass is 322 g/mol. The summed E-state index contributed by atoms with van der Waals surface area (Å²) < 4.78 is 1.04. The Hall–Kier alpha value is -1.12. The molecule has 1 aromatic heterocycles. The van der Waals surface area contributed by atoms with Crippen LogP contribution in [0.4, 0.5) is 5.82 Å². The maximum Gasteiger partial charge on any atom is 0.128 e. The van der Waals surface area contributed by atoms with E-state index in [0.29, 0.717) is 0 Å². The molecule has 0 aliphatic carbocycles. The van der Waals surface area contributed by atoms with Crippen molar-refractivity contribution in [1.29, 1.82) is 5.26 Å². The van der Waals surface area contributed by atoms with Crippen LogP contribution < -0.4 is 4.90 Å². The van der Waals surface area contributed by atoms with E-state index < -0.39 is 0 Å². The number of pyridine rings is 1. The van der Waals surface area contributed by atoms with Crippen molar-refractivity contribution in [3.63, 3.8) is 0 Å². The van der Waals surface area contributed by atoms with Crippen LogP contribution in [0.2, 0.25) is 0 Å². The second kappa shape index (κ2) is 5.48. The molecule has 0 aromatic carbocycles. The van der Waals surface area contributed by atoms with Crippen LogP contribution >= 0.6 is 15.9 Å². The minimum absolute atomic E-state index is 0.380. The lowest BCUT2D eigenvalue weighted by Gasteiger charge is -2.40. The van der Waals surface area contributed by atoms with Crippen molar-refractivity contribution in [1.82, 2.24) is 9.88 Å². The smallest absolute Gasteiger partial charge is 0.128 e. The third kappa shape index (κ3) is 3.07. The van der Waals surface area contributed by atoms with Gasteiger partial charge < -0.3 is 4.90 Å². The van der Waals surface area contributed by atoms with Crippen molar-refractivity contribution >= 4 is 21.7 Å². The summed E-state index contributed by atoms with van der Waals surface area (Å²) in [4.78, 5) is 8.98. The molecule has 5 heteroatoms. The first-order chi connectivity index (χ1) is 8.94. The van der Waals surface area contributed by atoms with E-state index in [2.05, 4.69) is 49.8 Å². The lowest BCUT2D eigenvalue weighted by Crippen LogP contribution is -2.54. The van der Waals surface area contributed by atoms with Gasteiger partial charge in [0.25, 0.3) is 0 Å². The van der Waals surface area contributed by atoms with Crippen LogP contribution in [0.25, 0.3) is 0 Å². The molecule has 4 nitrogen and oxygen atoms in total. The Kier molecular flexibility index (Phi) is 4.12. The first kappa shape index (κ1) is 14.3. The van der Waals surface area contributed by atoms with Crippen LogP contribution in [-0.2, 0) is 0 Å². The fourth-order valence-corrected chi connectivity index (χ4v) is 2.48. The zero-order valence-corrected chi connectivity index (χ0v) is 13.2. The van der Waals surface area contributed by atoms with Crippen LogP contribution in [0.15, 0.2) is 16.7 Å². The van der Waals surface area contributed by atoms with Gasteiger partial charge in [-0.3, -0.25) is 4.90 Å². The molecule has 19 heavy (non-hydrogen) atoms. The molecule has 0 N–H and O–H groups in total. The summed E-state index contributed by atoms with van der Waals surface area (Å²) in [6, 6.07) is 4.47. The van der Waals surface area contributed by atoms with Crippen molar-refractivity contribution in [2.45, 2.75) is 26.3 Å². The largest absolute Gasteiger partial charge is 0.354 e. The first-order valence-electron chi connectivity index (χ1n) is 6.47. The molecule has 1 fully saturated rings. The van der Waals surface area contributed by atoms with E-state index in [1.165, 1.54) is 5.56 Å². The number of nitrogens with zero attached hydrogens (tertiary/aromatic N) is 4. The Morgan fingerprint density at radius 1 is 1.32 bits per heavy atom. The number of anilines is 1. The van der Waals surface area contributed by atoms with Gasteiger partial charge in [0.1, 0.15) is 11.4 Å². The summed E-state index contributed by atoms with van der Waals surface area (Å²) in [6.45, 7) is 9.66. The molecule has 2 heterocycles. The second-order valence-electron chi connectivity index (χ2n) is 5.44. The highest BCUT2D eigenvalue weighted by atomic mass is 79.9. The van der Waals surface area contributed by atoms with Gasteiger partial charge in [0.05, 0.1) is 6.07 Å². The van der Waals surface area contributed by atoms with Crippen molar-refractivity contribution in [2.24, 2.45) is 0 Å². The summed E-state index contributed by atoms with van der Waals surface area (Å²) in [5.41, 5.74) is 0.819. The molecule has 102 valence electrons. The van der Waals surface area contributed by atoms with Gasteiger partial charge in [-0.2, -0.15) is 5.26 Å². The number of rotatable bonds is 2. The zero-order valence-electron chi connectivity index (χ0n) is 11.6. The Balaban J connectivity index is 2.04. The van der Waals surface area contributed by atoms with Crippen molar-refractivity contribution in [3.05, 3.63) is 22.3 Å². The number of aromatic nitrogens is 1. The van der Waals surface area contributed by atoms with E-state index in [4.69, 9.17) is 0 Å². The van der Waals surface area contributed by atoms with Crippen molar-refractivity contribution < 1.29 is 0 Å². The number of nitriles is 1. The molecule has 2 rings (SSSR count). The van der Waals surface area contributed by atoms with Gasteiger partial charge in [-0.15, -0.1) is 0 Å². The number of halogens is 1. The molecule has 0 unspecified atom stereocenters. The van der Waals surface area contributed by atoms with Gasteiger partial charge in [0, 0.05) is 36.8 Å². The molecule has 0 radical (unpaired) electrons. The molecule has 1 aromatic rings.